The van der Waals surface area contributed by atoms with Crippen molar-refractivity contribution >= 4 is 0 Å². The highest BCUT2D eigenvalue weighted by atomic mass is 19.1. The number of hydrogen-bond donors (Lipinski definition) is 2. The molecular weight excluding hydrogens is 229 g/mol. The molecule has 3 unspecified atom stereocenters. The summed E-state index contributed by atoms with van der Waals surface area (Å²) in [6.07, 6.45) is 3.63. The SMILES string of the molecule is CCC1CCNC(CC(O)c2cccc(F)c2)C1. The van der Waals surface area contributed by atoms with Crippen LogP contribution in [0.25, 0.3) is 0 Å². The third-order valence-corrected chi connectivity index (χ3v) is 3.92. The lowest BCUT2D eigenvalue weighted by Crippen LogP contribution is -2.38. The average Bonchev–Trinajstić information content (AvgIpc) is 2.39. The maximum Gasteiger partial charge on any atom is 0.123 e. The van der Waals surface area contributed by atoms with Crippen molar-refractivity contribution in [2.24, 2.45) is 5.92 Å². The van der Waals surface area contributed by atoms with Crippen LogP contribution in [0.3, 0.4) is 0 Å². The van der Waals surface area contributed by atoms with Crippen LogP contribution in [0.5, 0.6) is 0 Å². The summed E-state index contributed by atoms with van der Waals surface area (Å²) in [7, 11) is 0. The van der Waals surface area contributed by atoms with E-state index in [-0.39, 0.29) is 5.82 Å². The maximum absolute atomic E-state index is 13.1. The molecule has 0 aliphatic carbocycles. The lowest BCUT2D eigenvalue weighted by molar-refractivity contribution is 0.135. The van der Waals surface area contributed by atoms with Gasteiger partial charge in [-0.25, -0.2) is 4.39 Å². The molecule has 3 atom stereocenters. The van der Waals surface area contributed by atoms with Crippen molar-refractivity contribution in [1.29, 1.82) is 0 Å². The fourth-order valence-corrected chi connectivity index (χ4v) is 2.76. The summed E-state index contributed by atoms with van der Waals surface area (Å²) in [6.45, 7) is 3.25. The molecule has 100 valence electrons. The molecular formula is C15H22FNO. The van der Waals surface area contributed by atoms with Gasteiger partial charge in [0.15, 0.2) is 0 Å². The molecule has 1 saturated heterocycles. The minimum absolute atomic E-state index is 0.283. The average molecular weight is 251 g/mol. The van der Waals surface area contributed by atoms with Gasteiger partial charge >= 0.3 is 0 Å². The first-order chi connectivity index (χ1) is 8.69. The summed E-state index contributed by atoms with van der Waals surface area (Å²) in [5.41, 5.74) is 0.676. The first-order valence-corrected chi connectivity index (χ1v) is 6.86. The second-order valence-corrected chi connectivity index (χ2v) is 5.26. The van der Waals surface area contributed by atoms with E-state index in [1.165, 1.54) is 25.0 Å². The number of hydrogen-bond acceptors (Lipinski definition) is 2. The minimum Gasteiger partial charge on any atom is -0.388 e. The first kappa shape index (κ1) is 13.5. The summed E-state index contributed by atoms with van der Waals surface area (Å²) < 4.78 is 13.1. The Morgan fingerprint density at radius 2 is 2.33 bits per heavy atom. The van der Waals surface area contributed by atoms with E-state index in [9.17, 15) is 9.50 Å². The zero-order valence-corrected chi connectivity index (χ0v) is 10.9. The molecule has 0 spiro atoms. The van der Waals surface area contributed by atoms with Gasteiger partial charge in [-0.3, -0.25) is 0 Å². The Labute approximate surface area is 108 Å². The number of piperidine rings is 1. The number of benzene rings is 1. The molecule has 1 aromatic carbocycles. The third kappa shape index (κ3) is 3.53. The van der Waals surface area contributed by atoms with E-state index >= 15 is 0 Å². The van der Waals surface area contributed by atoms with Crippen LogP contribution in [0.2, 0.25) is 0 Å². The quantitative estimate of drug-likeness (QED) is 0.862. The van der Waals surface area contributed by atoms with Crippen LogP contribution >= 0.6 is 0 Å². The van der Waals surface area contributed by atoms with Crippen LogP contribution in [0.4, 0.5) is 4.39 Å². The van der Waals surface area contributed by atoms with Gasteiger partial charge in [-0.15, -0.1) is 0 Å². The predicted molar refractivity (Wildman–Crippen MR) is 70.8 cm³/mol. The topological polar surface area (TPSA) is 32.3 Å². The van der Waals surface area contributed by atoms with Gasteiger partial charge in [-0.05, 0) is 49.4 Å². The smallest absolute Gasteiger partial charge is 0.123 e. The summed E-state index contributed by atoms with van der Waals surface area (Å²) in [6, 6.07) is 6.61. The maximum atomic E-state index is 13.1. The van der Waals surface area contributed by atoms with Gasteiger partial charge in [0, 0.05) is 6.04 Å². The molecule has 2 rings (SSSR count). The van der Waals surface area contributed by atoms with Crippen molar-refractivity contribution in [2.45, 2.75) is 44.8 Å². The Hall–Kier alpha value is -0.930. The minimum atomic E-state index is -0.575. The fourth-order valence-electron chi connectivity index (χ4n) is 2.76. The molecule has 3 heteroatoms. The van der Waals surface area contributed by atoms with Crippen molar-refractivity contribution in [1.82, 2.24) is 5.32 Å². The molecule has 1 heterocycles. The second kappa shape index (κ2) is 6.30. The van der Waals surface area contributed by atoms with Crippen LogP contribution in [0.1, 0.15) is 44.3 Å². The van der Waals surface area contributed by atoms with E-state index < -0.39 is 6.10 Å². The van der Waals surface area contributed by atoms with Gasteiger partial charge in [-0.1, -0.05) is 25.5 Å². The molecule has 1 fully saturated rings. The monoisotopic (exact) mass is 251 g/mol. The predicted octanol–water partition coefficient (Wildman–Crippen LogP) is 3.03. The van der Waals surface area contributed by atoms with Crippen LogP contribution in [0, 0.1) is 11.7 Å². The van der Waals surface area contributed by atoms with Crippen LogP contribution in [-0.4, -0.2) is 17.7 Å². The van der Waals surface area contributed by atoms with Gasteiger partial charge in [0.1, 0.15) is 5.82 Å². The van der Waals surface area contributed by atoms with E-state index in [1.54, 1.807) is 12.1 Å². The fraction of sp³-hybridized carbons (Fsp3) is 0.600. The van der Waals surface area contributed by atoms with E-state index in [0.717, 1.165) is 18.9 Å². The van der Waals surface area contributed by atoms with E-state index in [1.807, 2.05) is 0 Å². The van der Waals surface area contributed by atoms with E-state index in [2.05, 4.69) is 12.2 Å². The lowest BCUT2D eigenvalue weighted by atomic mass is 9.87. The summed E-state index contributed by atoms with van der Waals surface area (Å²) in [5.74, 6) is 0.477. The van der Waals surface area contributed by atoms with Gasteiger partial charge in [0.25, 0.3) is 0 Å². The Bertz CT molecular complexity index is 383. The van der Waals surface area contributed by atoms with Crippen molar-refractivity contribution in [3.05, 3.63) is 35.6 Å². The second-order valence-electron chi connectivity index (χ2n) is 5.26. The van der Waals surface area contributed by atoms with Crippen molar-refractivity contribution in [2.75, 3.05) is 6.54 Å². The van der Waals surface area contributed by atoms with Crippen molar-refractivity contribution < 1.29 is 9.50 Å². The Kier molecular flexibility index (Phi) is 4.72. The Morgan fingerprint density at radius 3 is 3.06 bits per heavy atom. The normalized spacial score (nSPS) is 25.9. The molecule has 1 aliphatic rings. The molecule has 1 aromatic rings. The molecule has 0 saturated carbocycles. The molecule has 2 N–H and O–H groups in total. The largest absolute Gasteiger partial charge is 0.388 e. The first-order valence-electron chi connectivity index (χ1n) is 6.86. The van der Waals surface area contributed by atoms with Crippen molar-refractivity contribution in [3.8, 4) is 0 Å². The highest BCUT2D eigenvalue weighted by Gasteiger charge is 2.23. The molecule has 18 heavy (non-hydrogen) atoms. The summed E-state index contributed by atoms with van der Waals surface area (Å²) >= 11 is 0. The highest BCUT2D eigenvalue weighted by Crippen LogP contribution is 2.26. The van der Waals surface area contributed by atoms with E-state index in [4.69, 9.17) is 0 Å². The van der Waals surface area contributed by atoms with Gasteiger partial charge in [0.2, 0.25) is 0 Å². The molecule has 0 amide bonds. The van der Waals surface area contributed by atoms with Crippen LogP contribution < -0.4 is 5.32 Å². The zero-order valence-electron chi connectivity index (χ0n) is 10.9. The zero-order chi connectivity index (χ0) is 13.0. The molecule has 0 aromatic heterocycles. The van der Waals surface area contributed by atoms with Gasteiger partial charge in [-0.2, -0.15) is 0 Å². The van der Waals surface area contributed by atoms with Gasteiger partial charge < -0.3 is 10.4 Å². The number of aliphatic hydroxyl groups is 1. The Morgan fingerprint density at radius 1 is 1.50 bits per heavy atom. The summed E-state index contributed by atoms with van der Waals surface area (Å²) in [5, 5.41) is 13.6. The van der Waals surface area contributed by atoms with Crippen LogP contribution in [0.15, 0.2) is 24.3 Å². The lowest BCUT2D eigenvalue weighted by Gasteiger charge is -2.31. The van der Waals surface area contributed by atoms with Crippen molar-refractivity contribution in [3.63, 3.8) is 0 Å². The van der Waals surface area contributed by atoms with E-state index in [0.29, 0.717) is 18.0 Å². The van der Waals surface area contributed by atoms with Gasteiger partial charge in [0.05, 0.1) is 6.10 Å². The molecule has 2 nitrogen and oxygen atoms in total. The Balaban J connectivity index is 1.92. The number of halogens is 1. The molecule has 0 bridgehead atoms. The number of aliphatic hydroxyl groups excluding tert-OH is 1. The third-order valence-electron chi connectivity index (χ3n) is 3.92. The molecule has 0 radical (unpaired) electrons. The summed E-state index contributed by atoms with van der Waals surface area (Å²) in [4.78, 5) is 0. The number of rotatable bonds is 4. The number of nitrogens with one attached hydrogen (secondary N) is 1. The van der Waals surface area contributed by atoms with Crippen LogP contribution in [-0.2, 0) is 0 Å². The standard InChI is InChI=1S/C15H22FNO/c1-2-11-6-7-17-14(8-11)10-15(18)12-4-3-5-13(16)9-12/h3-5,9,11,14-15,17-18H,2,6-8,10H2,1H3. The molecule has 1 aliphatic heterocycles. The highest BCUT2D eigenvalue weighted by molar-refractivity contribution is 5.18.